The monoisotopic (exact) mass is 408 g/mol. The molecule has 3 rings (SSSR count). The summed E-state index contributed by atoms with van der Waals surface area (Å²) in [6, 6.07) is 0. The predicted molar refractivity (Wildman–Crippen MR) is 137 cm³/mol. The number of hydrogen-bond donors (Lipinski definition) is 0. The Labute approximate surface area is 187 Å². The van der Waals surface area contributed by atoms with E-state index in [2.05, 4.69) is 96.1 Å². The molecule has 0 aromatic rings. The van der Waals surface area contributed by atoms with Crippen LogP contribution in [0.1, 0.15) is 129 Å². The van der Waals surface area contributed by atoms with Crippen LogP contribution in [0.3, 0.4) is 0 Å². The summed E-state index contributed by atoms with van der Waals surface area (Å²) >= 11 is 0. The van der Waals surface area contributed by atoms with E-state index < -0.39 is 0 Å². The van der Waals surface area contributed by atoms with E-state index >= 15 is 0 Å². The van der Waals surface area contributed by atoms with E-state index in [4.69, 9.17) is 0 Å². The minimum absolute atomic E-state index is 0.764. The lowest BCUT2D eigenvalue weighted by atomic mass is 9.88. The first-order valence-corrected chi connectivity index (χ1v) is 13.1. The van der Waals surface area contributed by atoms with Crippen LogP contribution in [-0.4, -0.2) is 0 Å². The Hall–Kier alpha value is -0.260. The van der Waals surface area contributed by atoms with Gasteiger partial charge in [0, 0.05) is 0 Å². The van der Waals surface area contributed by atoms with Gasteiger partial charge in [-0.05, 0) is 80.5 Å². The van der Waals surface area contributed by atoms with E-state index in [-0.39, 0.29) is 0 Å². The van der Waals surface area contributed by atoms with Crippen LogP contribution in [0.4, 0.5) is 0 Å². The standard InChI is InChI=1S/C9H18.C8H16.C6H10.2C3H8/c1-6(2)8(4)9-5-7(9)3;1-5-8(4)6-7(2)3;1-4-2-5-3-6(4)5;2*1-3-2/h6-9H,5H2,1-4H3;6,8H,5H2,1-4H3;4-6H,2-3H2,1H3;2*3H2,1-2H3. The molecule has 3 fully saturated rings. The van der Waals surface area contributed by atoms with E-state index in [1.807, 2.05) is 0 Å². The molecule has 3 aliphatic carbocycles. The Kier molecular flexibility index (Phi) is 18.6. The lowest BCUT2D eigenvalue weighted by Gasteiger charge is -2.18. The molecule has 0 heterocycles. The molecule has 0 N–H and O–H groups in total. The zero-order valence-corrected chi connectivity index (χ0v) is 22.9. The van der Waals surface area contributed by atoms with Crippen LogP contribution in [0, 0.1) is 47.3 Å². The SMILES string of the molecule is CC(C)C(C)C1CC1C.CC1CC2CC12.CCC.CCC.CCC(C)C=C(C)C. The molecule has 0 aliphatic heterocycles. The fourth-order valence-corrected chi connectivity index (χ4v) is 3.96. The number of hydrogen-bond acceptors (Lipinski definition) is 0. The van der Waals surface area contributed by atoms with Gasteiger partial charge in [-0.2, -0.15) is 0 Å². The van der Waals surface area contributed by atoms with Gasteiger partial charge in [0.05, 0.1) is 0 Å². The lowest BCUT2D eigenvalue weighted by molar-refractivity contribution is 0.317. The van der Waals surface area contributed by atoms with Crippen molar-refractivity contribution in [3.8, 4) is 0 Å². The third kappa shape index (κ3) is 16.1. The summed E-state index contributed by atoms with van der Waals surface area (Å²) in [5.74, 6) is 8.22. The molecule has 0 bridgehead atoms. The maximum atomic E-state index is 2.39. The molecule has 176 valence electrons. The van der Waals surface area contributed by atoms with Crippen LogP contribution in [0.25, 0.3) is 0 Å². The highest BCUT2D eigenvalue weighted by Gasteiger charge is 2.50. The molecule has 0 aromatic carbocycles. The number of rotatable bonds is 4. The summed E-state index contributed by atoms with van der Waals surface area (Å²) in [6.07, 6.45) is 10.7. The highest BCUT2D eigenvalue weighted by Crippen LogP contribution is 2.59. The summed E-state index contributed by atoms with van der Waals surface area (Å²) in [7, 11) is 0. The largest absolute Gasteiger partial charge is 0.0831 e. The van der Waals surface area contributed by atoms with Gasteiger partial charge in [0.15, 0.2) is 0 Å². The van der Waals surface area contributed by atoms with E-state index in [9.17, 15) is 0 Å². The molecule has 7 unspecified atom stereocenters. The van der Waals surface area contributed by atoms with Crippen molar-refractivity contribution < 1.29 is 0 Å². The molecule has 0 heteroatoms. The molecule has 0 nitrogen and oxygen atoms in total. The van der Waals surface area contributed by atoms with E-state index in [0.717, 1.165) is 35.5 Å². The summed E-state index contributed by atoms with van der Waals surface area (Å²) < 4.78 is 0. The van der Waals surface area contributed by atoms with Gasteiger partial charge in [0.2, 0.25) is 0 Å². The third-order valence-electron chi connectivity index (χ3n) is 6.54. The lowest BCUT2D eigenvalue weighted by Crippen LogP contribution is -2.10. The van der Waals surface area contributed by atoms with Crippen molar-refractivity contribution in [3.05, 3.63) is 11.6 Å². The molecular weight excluding hydrogens is 348 g/mol. The van der Waals surface area contributed by atoms with Gasteiger partial charge < -0.3 is 0 Å². The van der Waals surface area contributed by atoms with Gasteiger partial charge in [-0.1, -0.05) is 107 Å². The van der Waals surface area contributed by atoms with Crippen LogP contribution < -0.4 is 0 Å². The molecule has 0 radical (unpaired) electrons. The molecule has 3 aliphatic rings. The molecule has 0 spiro atoms. The molecule has 0 saturated heterocycles. The molecule has 7 atom stereocenters. The van der Waals surface area contributed by atoms with Crippen molar-refractivity contribution >= 4 is 0 Å². The molecule has 3 saturated carbocycles. The van der Waals surface area contributed by atoms with Crippen molar-refractivity contribution in [2.24, 2.45) is 47.3 Å². The zero-order chi connectivity index (χ0) is 23.1. The Balaban J connectivity index is 0. The Morgan fingerprint density at radius 2 is 1.24 bits per heavy atom. The maximum absolute atomic E-state index is 2.39. The second-order valence-electron chi connectivity index (χ2n) is 10.9. The Morgan fingerprint density at radius 1 is 0.793 bits per heavy atom. The topological polar surface area (TPSA) is 0 Å². The predicted octanol–water partition coefficient (Wildman–Crippen LogP) is 10.4. The summed E-state index contributed by atoms with van der Waals surface area (Å²) in [4.78, 5) is 0. The van der Waals surface area contributed by atoms with Crippen molar-refractivity contribution in [1.82, 2.24) is 0 Å². The molecule has 0 amide bonds. The van der Waals surface area contributed by atoms with E-state index in [1.54, 1.807) is 12.8 Å². The second kappa shape index (κ2) is 17.4. The fraction of sp³-hybridized carbons (Fsp3) is 0.931. The first-order valence-electron chi connectivity index (χ1n) is 13.1. The summed E-state index contributed by atoms with van der Waals surface area (Å²) in [5.41, 5.74) is 1.43. The van der Waals surface area contributed by atoms with Crippen LogP contribution >= 0.6 is 0 Å². The van der Waals surface area contributed by atoms with Crippen LogP contribution in [0.2, 0.25) is 0 Å². The normalized spacial score (nSPS) is 29.2. The van der Waals surface area contributed by atoms with Crippen LogP contribution in [-0.2, 0) is 0 Å². The second-order valence-corrected chi connectivity index (χ2v) is 10.9. The molecule has 0 aromatic heterocycles. The zero-order valence-electron chi connectivity index (χ0n) is 22.9. The van der Waals surface area contributed by atoms with Crippen molar-refractivity contribution in [3.63, 3.8) is 0 Å². The highest BCUT2D eigenvalue weighted by atomic mass is 14.6. The first kappa shape index (κ1) is 30.9. The van der Waals surface area contributed by atoms with Gasteiger partial charge in [-0.25, -0.2) is 0 Å². The maximum Gasteiger partial charge on any atom is -0.0262 e. The van der Waals surface area contributed by atoms with Gasteiger partial charge in [0.25, 0.3) is 0 Å². The van der Waals surface area contributed by atoms with Crippen molar-refractivity contribution in [1.29, 1.82) is 0 Å². The Morgan fingerprint density at radius 3 is 1.31 bits per heavy atom. The van der Waals surface area contributed by atoms with Gasteiger partial charge >= 0.3 is 0 Å². The van der Waals surface area contributed by atoms with Gasteiger partial charge in [-0.15, -0.1) is 0 Å². The van der Waals surface area contributed by atoms with Crippen LogP contribution in [0.15, 0.2) is 11.6 Å². The van der Waals surface area contributed by atoms with Crippen molar-refractivity contribution in [2.45, 2.75) is 129 Å². The summed E-state index contributed by atoms with van der Waals surface area (Å²) in [5, 5.41) is 0. The van der Waals surface area contributed by atoms with E-state index in [1.165, 1.54) is 43.1 Å². The first-order chi connectivity index (χ1) is 13.5. The van der Waals surface area contributed by atoms with E-state index in [0.29, 0.717) is 0 Å². The average Bonchev–Trinajstić information content (AvgIpc) is 3.52. The minimum atomic E-state index is 0.764. The van der Waals surface area contributed by atoms with Crippen LogP contribution in [0.5, 0.6) is 0 Å². The van der Waals surface area contributed by atoms with Crippen molar-refractivity contribution in [2.75, 3.05) is 0 Å². The van der Waals surface area contributed by atoms with Gasteiger partial charge in [-0.3, -0.25) is 0 Å². The third-order valence-corrected chi connectivity index (χ3v) is 6.54. The fourth-order valence-electron chi connectivity index (χ4n) is 3.96. The quantitative estimate of drug-likeness (QED) is 0.406. The number of fused-ring (bicyclic) bond motifs is 1. The minimum Gasteiger partial charge on any atom is -0.0831 e. The molecular formula is C29H60. The molecule has 29 heavy (non-hydrogen) atoms. The highest BCUT2D eigenvalue weighted by molar-refractivity contribution is 5.00. The number of allylic oxidation sites excluding steroid dienone is 2. The average molecular weight is 409 g/mol. The Bertz CT molecular complexity index is 385. The van der Waals surface area contributed by atoms with Gasteiger partial charge in [0.1, 0.15) is 0 Å². The smallest absolute Gasteiger partial charge is 0.0262 e. The summed E-state index contributed by atoms with van der Waals surface area (Å²) in [6.45, 7) is 29.0.